The Kier molecular flexibility index (Phi) is 7.68. The molecule has 2 nitrogen and oxygen atoms in total. The average molecular weight is 289 g/mol. The summed E-state index contributed by atoms with van der Waals surface area (Å²) in [5.41, 5.74) is 1.15. The Morgan fingerprint density at radius 1 is 1.11 bits per heavy atom. The second-order valence-electron chi connectivity index (χ2n) is 4.26. The minimum absolute atomic E-state index is 0.693. The zero-order chi connectivity index (χ0) is 13.4. The normalized spacial score (nSPS) is 11.2. The summed E-state index contributed by atoms with van der Waals surface area (Å²) in [6.45, 7) is 9.67. The Morgan fingerprint density at radius 2 is 1.83 bits per heavy atom. The molecule has 0 unspecified atom stereocenters. The molecule has 0 aliphatic carbocycles. The number of rotatable bonds is 8. The van der Waals surface area contributed by atoms with Crippen LogP contribution in [0.1, 0.15) is 19.4 Å². The van der Waals surface area contributed by atoms with Gasteiger partial charge in [0, 0.05) is 23.1 Å². The Bertz CT molecular complexity index is 352. The van der Waals surface area contributed by atoms with Crippen molar-refractivity contribution in [2.45, 2.75) is 20.3 Å². The molecule has 1 aromatic rings. The molecular formula is C14H22Cl2N2. The predicted octanol–water partition coefficient (Wildman–Crippen LogP) is 3.47. The standard InChI is InChI=1S/C14H22Cl2N2/c1-3-18(4-2)10-9-17-8-7-12-5-6-13(15)11-14(12)16/h5-6,11,17H,3-4,7-10H2,1-2H3. The van der Waals surface area contributed by atoms with E-state index < -0.39 is 0 Å². The van der Waals surface area contributed by atoms with Crippen molar-refractivity contribution in [2.75, 3.05) is 32.7 Å². The summed E-state index contributed by atoms with van der Waals surface area (Å²) in [4.78, 5) is 2.41. The summed E-state index contributed by atoms with van der Waals surface area (Å²) in [5, 5.41) is 4.89. The van der Waals surface area contributed by atoms with E-state index in [0.717, 1.165) is 49.7 Å². The zero-order valence-electron chi connectivity index (χ0n) is 11.2. The van der Waals surface area contributed by atoms with E-state index in [2.05, 4.69) is 24.1 Å². The lowest BCUT2D eigenvalue weighted by atomic mass is 10.1. The maximum atomic E-state index is 6.12. The summed E-state index contributed by atoms with van der Waals surface area (Å²) in [5.74, 6) is 0. The van der Waals surface area contributed by atoms with Crippen LogP contribution in [0.4, 0.5) is 0 Å². The molecule has 0 aliphatic rings. The molecule has 1 rings (SSSR count). The van der Waals surface area contributed by atoms with E-state index >= 15 is 0 Å². The molecule has 0 spiro atoms. The summed E-state index contributed by atoms with van der Waals surface area (Å²) < 4.78 is 0. The van der Waals surface area contributed by atoms with Crippen molar-refractivity contribution in [3.05, 3.63) is 33.8 Å². The van der Waals surface area contributed by atoms with Crippen LogP contribution in [0.15, 0.2) is 18.2 Å². The molecule has 18 heavy (non-hydrogen) atoms. The van der Waals surface area contributed by atoms with Crippen molar-refractivity contribution in [2.24, 2.45) is 0 Å². The first-order valence-electron chi connectivity index (χ1n) is 6.54. The van der Waals surface area contributed by atoms with Crippen molar-refractivity contribution in [3.8, 4) is 0 Å². The van der Waals surface area contributed by atoms with Crippen LogP contribution in [-0.4, -0.2) is 37.6 Å². The Morgan fingerprint density at radius 3 is 2.44 bits per heavy atom. The third kappa shape index (κ3) is 5.57. The van der Waals surface area contributed by atoms with Gasteiger partial charge in [0.2, 0.25) is 0 Å². The molecule has 1 aromatic carbocycles. The largest absolute Gasteiger partial charge is 0.315 e. The lowest BCUT2D eigenvalue weighted by Crippen LogP contribution is -2.32. The number of benzene rings is 1. The molecule has 102 valence electrons. The summed E-state index contributed by atoms with van der Waals surface area (Å²) >= 11 is 12.0. The Labute approximate surface area is 120 Å². The number of hydrogen-bond acceptors (Lipinski definition) is 2. The van der Waals surface area contributed by atoms with Crippen molar-refractivity contribution in [1.82, 2.24) is 10.2 Å². The fourth-order valence-electron chi connectivity index (χ4n) is 1.85. The minimum Gasteiger partial charge on any atom is -0.315 e. The van der Waals surface area contributed by atoms with E-state index in [1.165, 1.54) is 0 Å². The minimum atomic E-state index is 0.693. The molecule has 0 radical (unpaired) electrons. The van der Waals surface area contributed by atoms with E-state index in [1.807, 2.05) is 12.1 Å². The predicted molar refractivity (Wildman–Crippen MR) is 80.8 cm³/mol. The lowest BCUT2D eigenvalue weighted by molar-refractivity contribution is 0.303. The fourth-order valence-corrected chi connectivity index (χ4v) is 2.35. The van der Waals surface area contributed by atoms with E-state index in [4.69, 9.17) is 23.2 Å². The molecule has 0 aliphatic heterocycles. The zero-order valence-corrected chi connectivity index (χ0v) is 12.7. The van der Waals surface area contributed by atoms with Crippen LogP contribution in [0.5, 0.6) is 0 Å². The highest BCUT2D eigenvalue weighted by molar-refractivity contribution is 6.35. The van der Waals surface area contributed by atoms with Gasteiger partial charge in [0.15, 0.2) is 0 Å². The van der Waals surface area contributed by atoms with Crippen molar-refractivity contribution in [1.29, 1.82) is 0 Å². The summed E-state index contributed by atoms with van der Waals surface area (Å²) in [6.07, 6.45) is 0.939. The molecule has 1 N–H and O–H groups in total. The third-order valence-corrected chi connectivity index (χ3v) is 3.67. The van der Waals surface area contributed by atoms with Crippen LogP contribution in [0.2, 0.25) is 10.0 Å². The van der Waals surface area contributed by atoms with Gasteiger partial charge >= 0.3 is 0 Å². The Balaban J connectivity index is 2.21. The van der Waals surface area contributed by atoms with E-state index in [-0.39, 0.29) is 0 Å². The van der Waals surface area contributed by atoms with Gasteiger partial charge in [0.25, 0.3) is 0 Å². The molecule has 4 heteroatoms. The van der Waals surface area contributed by atoms with Crippen molar-refractivity contribution < 1.29 is 0 Å². The van der Waals surface area contributed by atoms with Crippen LogP contribution in [0.25, 0.3) is 0 Å². The number of nitrogens with zero attached hydrogens (tertiary/aromatic N) is 1. The highest BCUT2D eigenvalue weighted by atomic mass is 35.5. The van der Waals surface area contributed by atoms with Crippen LogP contribution >= 0.6 is 23.2 Å². The van der Waals surface area contributed by atoms with Gasteiger partial charge in [-0.05, 0) is 43.8 Å². The van der Waals surface area contributed by atoms with Gasteiger partial charge in [0.1, 0.15) is 0 Å². The number of halogens is 2. The van der Waals surface area contributed by atoms with Gasteiger partial charge in [-0.2, -0.15) is 0 Å². The third-order valence-electron chi connectivity index (χ3n) is 3.09. The van der Waals surface area contributed by atoms with Crippen LogP contribution in [0, 0.1) is 0 Å². The SMILES string of the molecule is CCN(CC)CCNCCc1ccc(Cl)cc1Cl. The van der Waals surface area contributed by atoms with Gasteiger partial charge in [0.05, 0.1) is 0 Å². The van der Waals surface area contributed by atoms with Gasteiger partial charge in [-0.3, -0.25) is 0 Å². The first-order valence-corrected chi connectivity index (χ1v) is 7.30. The molecule has 0 aromatic heterocycles. The average Bonchev–Trinajstić information content (AvgIpc) is 2.36. The second kappa shape index (κ2) is 8.76. The molecule has 0 amide bonds. The lowest BCUT2D eigenvalue weighted by Gasteiger charge is -2.18. The molecule has 0 fully saturated rings. The van der Waals surface area contributed by atoms with Gasteiger partial charge in [-0.1, -0.05) is 43.1 Å². The van der Waals surface area contributed by atoms with Gasteiger partial charge < -0.3 is 10.2 Å². The molecule has 0 bridgehead atoms. The number of likely N-dealkylation sites (N-methyl/N-ethyl adjacent to an activating group) is 1. The van der Waals surface area contributed by atoms with Crippen LogP contribution < -0.4 is 5.32 Å². The molecule has 0 saturated heterocycles. The highest BCUT2D eigenvalue weighted by Crippen LogP contribution is 2.20. The number of nitrogens with one attached hydrogen (secondary N) is 1. The Hall–Kier alpha value is -0.280. The maximum absolute atomic E-state index is 6.12. The molecule has 0 atom stereocenters. The quantitative estimate of drug-likeness (QED) is 0.737. The molecule has 0 saturated carbocycles. The highest BCUT2D eigenvalue weighted by Gasteiger charge is 2.01. The van der Waals surface area contributed by atoms with Gasteiger partial charge in [-0.25, -0.2) is 0 Å². The first-order chi connectivity index (χ1) is 8.67. The van der Waals surface area contributed by atoms with E-state index in [9.17, 15) is 0 Å². The van der Waals surface area contributed by atoms with Crippen LogP contribution in [-0.2, 0) is 6.42 Å². The monoisotopic (exact) mass is 288 g/mol. The second-order valence-corrected chi connectivity index (χ2v) is 5.11. The number of hydrogen-bond donors (Lipinski definition) is 1. The fraction of sp³-hybridized carbons (Fsp3) is 0.571. The molecule has 0 heterocycles. The maximum Gasteiger partial charge on any atom is 0.0453 e. The summed E-state index contributed by atoms with van der Waals surface area (Å²) in [7, 11) is 0. The van der Waals surface area contributed by atoms with Crippen molar-refractivity contribution in [3.63, 3.8) is 0 Å². The van der Waals surface area contributed by atoms with E-state index in [0.29, 0.717) is 5.02 Å². The summed E-state index contributed by atoms with van der Waals surface area (Å²) in [6, 6.07) is 5.68. The van der Waals surface area contributed by atoms with E-state index in [1.54, 1.807) is 6.07 Å². The first kappa shape index (κ1) is 15.8. The topological polar surface area (TPSA) is 15.3 Å². The smallest absolute Gasteiger partial charge is 0.0453 e. The molecular weight excluding hydrogens is 267 g/mol. The van der Waals surface area contributed by atoms with Crippen LogP contribution in [0.3, 0.4) is 0 Å². The van der Waals surface area contributed by atoms with Crippen molar-refractivity contribution >= 4 is 23.2 Å². The van der Waals surface area contributed by atoms with Gasteiger partial charge in [-0.15, -0.1) is 0 Å².